The normalized spacial score (nSPS) is 14.5. The number of hydrogen-bond donors (Lipinski definition) is 5. The molecule has 0 unspecified atom stereocenters. The van der Waals surface area contributed by atoms with Gasteiger partial charge >= 0.3 is 6.18 Å². The summed E-state index contributed by atoms with van der Waals surface area (Å²) in [6.07, 6.45) is 2.01. The molecule has 1 fully saturated rings. The molecule has 1 aliphatic rings. The maximum atomic E-state index is 13.1. The van der Waals surface area contributed by atoms with E-state index in [1.807, 2.05) is 26.0 Å². The van der Waals surface area contributed by atoms with E-state index in [-0.39, 0.29) is 5.56 Å². The smallest absolute Gasteiger partial charge is 0.372 e. The fourth-order valence-corrected chi connectivity index (χ4v) is 4.44. The number of benzene rings is 2. The van der Waals surface area contributed by atoms with Crippen LogP contribution in [0, 0.1) is 6.92 Å². The highest BCUT2D eigenvalue weighted by atomic mass is 19.4. The Balaban J connectivity index is 1.54. The second-order valence-electron chi connectivity index (χ2n) is 9.59. The molecule has 0 bridgehead atoms. The van der Waals surface area contributed by atoms with Gasteiger partial charge in [-0.15, -0.1) is 0 Å². The number of carbonyl (C=O) groups excluding carboxylic acids is 1. The van der Waals surface area contributed by atoms with Gasteiger partial charge in [-0.2, -0.15) is 18.2 Å². The first-order chi connectivity index (χ1) is 19.2. The van der Waals surface area contributed by atoms with Crippen molar-refractivity contribution in [3.8, 4) is 0 Å². The highest BCUT2D eigenvalue weighted by molar-refractivity contribution is 6.04. The number of alkyl halides is 3. The summed E-state index contributed by atoms with van der Waals surface area (Å²) in [7, 11) is 1.80. The molecular weight excluding hydrogens is 519 g/mol. The zero-order chi connectivity index (χ0) is 28.7. The Morgan fingerprint density at radius 3 is 2.60 bits per heavy atom. The van der Waals surface area contributed by atoms with Crippen molar-refractivity contribution >= 4 is 34.7 Å². The number of piperidine rings is 1. The molecule has 5 N–H and O–H groups in total. The van der Waals surface area contributed by atoms with Crippen LogP contribution in [-0.2, 0) is 6.18 Å². The Kier molecular flexibility index (Phi) is 9.26. The van der Waals surface area contributed by atoms with Crippen LogP contribution in [0.2, 0.25) is 0 Å². The first kappa shape index (κ1) is 28.9. The lowest BCUT2D eigenvalue weighted by Gasteiger charge is -2.24. The highest BCUT2D eigenvalue weighted by Crippen LogP contribution is 2.31. The van der Waals surface area contributed by atoms with E-state index in [9.17, 15) is 18.0 Å². The number of aromatic nitrogens is 2. The van der Waals surface area contributed by atoms with Crippen LogP contribution in [0.15, 0.2) is 54.7 Å². The number of hydrogen-bond acceptors (Lipinski definition) is 7. The topological polar surface area (TPSA) is 103 Å². The average molecular weight is 554 g/mol. The summed E-state index contributed by atoms with van der Waals surface area (Å²) in [5.74, 6) is 0.588. The molecule has 11 heteroatoms. The molecule has 1 aromatic heterocycles. The number of rotatable bonds is 9. The minimum absolute atomic E-state index is 0.0783. The molecule has 1 aliphatic heterocycles. The van der Waals surface area contributed by atoms with Gasteiger partial charge in [-0.05, 0) is 75.2 Å². The van der Waals surface area contributed by atoms with Crippen molar-refractivity contribution < 1.29 is 18.0 Å². The quantitative estimate of drug-likeness (QED) is 0.217. The van der Waals surface area contributed by atoms with Crippen molar-refractivity contribution in [2.24, 2.45) is 0 Å². The van der Waals surface area contributed by atoms with Gasteiger partial charge in [0.1, 0.15) is 5.82 Å². The number of nitrogens with one attached hydrogen (secondary N) is 5. The second kappa shape index (κ2) is 12.8. The van der Waals surface area contributed by atoms with Crippen LogP contribution in [0.5, 0.6) is 0 Å². The molecule has 0 atom stereocenters. The van der Waals surface area contributed by atoms with E-state index in [2.05, 4.69) is 31.6 Å². The monoisotopic (exact) mass is 553 g/mol. The van der Waals surface area contributed by atoms with Gasteiger partial charge in [-0.3, -0.25) is 4.79 Å². The molecular formula is C29H34F3N7O. The summed E-state index contributed by atoms with van der Waals surface area (Å²) in [5.41, 5.74) is 2.68. The largest absolute Gasteiger partial charge is 0.416 e. The summed E-state index contributed by atoms with van der Waals surface area (Å²) in [5, 5.41) is 16.1. The molecule has 8 nitrogen and oxygen atoms in total. The van der Waals surface area contributed by atoms with Crippen molar-refractivity contribution in [1.29, 1.82) is 0 Å². The molecule has 40 heavy (non-hydrogen) atoms. The standard InChI is InChI=1S/C29H34F3N7O/c1-4-6-24(23-17-35-28(39-26(23)33-3)37-21-11-13-34-14-12-21)38-25-16-22(10-9-18(25)2)36-27(40)19-7-5-8-20(15-19)29(30,31)32/h5-10,15-17,21,34,38H,4,11-14H2,1-3H3,(H,36,40)(H2,33,35,37,39)/b24-6+. The molecule has 1 saturated heterocycles. The second-order valence-corrected chi connectivity index (χ2v) is 9.59. The third-order valence-electron chi connectivity index (χ3n) is 6.61. The lowest BCUT2D eigenvalue weighted by Crippen LogP contribution is -2.35. The van der Waals surface area contributed by atoms with Crippen LogP contribution in [-0.4, -0.2) is 42.1 Å². The first-order valence-electron chi connectivity index (χ1n) is 13.3. The number of halogens is 3. The van der Waals surface area contributed by atoms with Gasteiger partial charge in [0.25, 0.3) is 5.91 Å². The van der Waals surface area contributed by atoms with Crippen molar-refractivity contribution in [3.63, 3.8) is 0 Å². The maximum absolute atomic E-state index is 13.1. The van der Waals surface area contributed by atoms with Gasteiger partial charge in [0, 0.05) is 41.9 Å². The third kappa shape index (κ3) is 7.29. The minimum atomic E-state index is -4.53. The van der Waals surface area contributed by atoms with Gasteiger partial charge < -0.3 is 26.6 Å². The Morgan fingerprint density at radius 2 is 1.90 bits per heavy atom. The van der Waals surface area contributed by atoms with E-state index in [1.54, 1.807) is 25.4 Å². The Labute approximate surface area is 231 Å². The molecule has 0 saturated carbocycles. The van der Waals surface area contributed by atoms with Crippen molar-refractivity contribution in [3.05, 3.63) is 77.0 Å². The van der Waals surface area contributed by atoms with E-state index < -0.39 is 17.6 Å². The number of amides is 1. The summed E-state index contributed by atoms with van der Waals surface area (Å²) < 4.78 is 39.3. The number of anilines is 4. The molecule has 0 radical (unpaired) electrons. The van der Waals surface area contributed by atoms with Gasteiger partial charge in [0.2, 0.25) is 5.95 Å². The van der Waals surface area contributed by atoms with Crippen LogP contribution < -0.4 is 26.6 Å². The van der Waals surface area contributed by atoms with E-state index in [4.69, 9.17) is 4.98 Å². The van der Waals surface area contributed by atoms with E-state index >= 15 is 0 Å². The summed E-state index contributed by atoms with van der Waals surface area (Å²) in [6, 6.07) is 9.95. The van der Waals surface area contributed by atoms with E-state index in [1.165, 1.54) is 12.1 Å². The van der Waals surface area contributed by atoms with Crippen LogP contribution >= 0.6 is 0 Å². The van der Waals surface area contributed by atoms with Crippen LogP contribution in [0.1, 0.15) is 53.2 Å². The van der Waals surface area contributed by atoms with Crippen LogP contribution in [0.4, 0.5) is 36.3 Å². The van der Waals surface area contributed by atoms with Gasteiger partial charge in [0.05, 0.1) is 11.1 Å². The Bertz CT molecular complexity index is 1370. The average Bonchev–Trinajstić information content (AvgIpc) is 2.94. The van der Waals surface area contributed by atoms with Crippen LogP contribution in [0.3, 0.4) is 0 Å². The molecule has 212 valence electrons. The zero-order valence-electron chi connectivity index (χ0n) is 22.7. The summed E-state index contributed by atoms with van der Waals surface area (Å²) >= 11 is 0. The Morgan fingerprint density at radius 1 is 1.12 bits per heavy atom. The summed E-state index contributed by atoms with van der Waals surface area (Å²) in [6.45, 7) is 5.86. The lowest BCUT2D eigenvalue weighted by molar-refractivity contribution is -0.137. The highest BCUT2D eigenvalue weighted by Gasteiger charge is 2.31. The van der Waals surface area contributed by atoms with E-state index in [0.717, 1.165) is 67.0 Å². The predicted molar refractivity (Wildman–Crippen MR) is 154 cm³/mol. The number of nitrogens with zero attached hydrogens (tertiary/aromatic N) is 2. The SMILES string of the molecule is CC/C=C(/Nc1cc(NC(=O)c2cccc(C(F)(F)F)c2)ccc1C)c1cnc(NC2CCNCC2)nc1NC. The summed E-state index contributed by atoms with van der Waals surface area (Å²) in [4.78, 5) is 22.0. The molecule has 1 amide bonds. The molecule has 2 heterocycles. The molecule has 4 rings (SSSR count). The van der Waals surface area contributed by atoms with Gasteiger partial charge in [-0.1, -0.05) is 25.1 Å². The maximum Gasteiger partial charge on any atom is 0.416 e. The number of allylic oxidation sites excluding steroid dienone is 1. The van der Waals surface area contributed by atoms with Crippen LogP contribution in [0.25, 0.3) is 5.70 Å². The van der Waals surface area contributed by atoms with Gasteiger partial charge in [0.15, 0.2) is 0 Å². The fraction of sp³-hybridized carbons (Fsp3) is 0.345. The molecule has 0 spiro atoms. The third-order valence-corrected chi connectivity index (χ3v) is 6.61. The molecule has 3 aromatic rings. The number of aryl methyl sites for hydroxylation is 1. The lowest BCUT2D eigenvalue weighted by atomic mass is 10.1. The Hall–Kier alpha value is -4.12. The van der Waals surface area contributed by atoms with Crippen molar-refractivity contribution in [2.75, 3.05) is 41.4 Å². The molecule has 0 aliphatic carbocycles. The fourth-order valence-electron chi connectivity index (χ4n) is 4.44. The van der Waals surface area contributed by atoms with Crippen molar-refractivity contribution in [2.45, 2.75) is 45.3 Å². The van der Waals surface area contributed by atoms with Crippen molar-refractivity contribution in [1.82, 2.24) is 15.3 Å². The van der Waals surface area contributed by atoms with E-state index in [0.29, 0.717) is 23.5 Å². The first-order valence-corrected chi connectivity index (χ1v) is 13.3. The number of carbonyl (C=O) groups is 1. The van der Waals surface area contributed by atoms with Gasteiger partial charge in [-0.25, -0.2) is 4.98 Å². The minimum Gasteiger partial charge on any atom is -0.372 e. The predicted octanol–water partition coefficient (Wildman–Crippen LogP) is 6.12. The molecule has 2 aromatic carbocycles. The zero-order valence-corrected chi connectivity index (χ0v) is 22.7.